The van der Waals surface area contributed by atoms with Gasteiger partial charge in [-0.25, -0.2) is 0 Å². The number of nitrogens with zero attached hydrogens (tertiary/aromatic N) is 1. The second-order valence-electron chi connectivity index (χ2n) is 4.78. The summed E-state index contributed by atoms with van der Waals surface area (Å²) >= 11 is 0. The molecule has 18 heavy (non-hydrogen) atoms. The second kappa shape index (κ2) is 8.72. The third-order valence-corrected chi connectivity index (χ3v) is 2.73. The minimum Gasteiger partial charge on any atom is -0.385 e. The van der Waals surface area contributed by atoms with Crippen molar-refractivity contribution in [3.8, 4) is 0 Å². The number of rotatable bonds is 9. The molecule has 0 saturated heterocycles. The normalized spacial score (nSPS) is 14.5. The maximum Gasteiger partial charge on any atom is 0.401 e. The monoisotopic (exact) mass is 270 g/mol. The Balaban J connectivity index is 4.03. The topological polar surface area (TPSA) is 24.5 Å². The van der Waals surface area contributed by atoms with Gasteiger partial charge < -0.3 is 10.1 Å². The average Bonchev–Trinajstić information content (AvgIpc) is 2.24. The first-order valence-corrected chi connectivity index (χ1v) is 6.30. The molecule has 110 valence electrons. The molecule has 0 aromatic heterocycles. The second-order valence-corrected chi connectivity index (χ2v) is 4.78. The highest BCUT2D eigenvalue weighted by atomic mass is 19.4. The summed E-state index contributed by atoms with van der Waals surface area (Å²) in [4.78, 5) is 1.46. The van der Waals surface area contributed by atoms with E-state index >= 15 is 0 Å². The van der Waals surface area contributed by atoms with Crippen LogP contribution in [0.3, 0.4) is 0 Å². The minimum absolute atomic E-state index is 0.123. The van der Waals surface area contributed by atoms with Crippen molar-refractivity contribution in [1.82, 2.24) is 10.2 Å². The van der Waals surface area contributed by atoms with Crippen LogP contribution in [0.25, 0.3) is 0 Å². The van der Waals surface area contributed by atoms with Crippen LogP contribution in [0.4, 0.5) is 13.2 Å². The van der Waals surface area contributed by atoms with Crippen LogP contribution >= 0.6 is 0 Å². The van der Waals surface area contributed by atoms with E-state index in [1.807, 2.05) is 6.92 Å². The third kappa shape index (κ3) is 8.72. The molecule has 0 aliphatic rings. The number of hydrogen-bond donors (Lipinski definition) is 1. The molecular weight excluding hydrogens is 245 g/mol. The molecule has 0 heterocycles. The molecule has 1 N–H and O–H groups in total. The van der Waals surface area contributed by atoms with E-state index < -0.39 is 12.7 Å². The van der Waals surface area contributed by atoms with Gasteiger partial charge in [-0.1, -0.05) is 0 Å². The molecule has 0 fully saturated rings. The van der Waals surface area contributed by atoms with E-state index in [1.54, 1.807) is 21.0 Å². The van der Waals surface area contributed by atoms with Crippen LogP contribution in [0.15, 0.2) is 0 Å². The van der Waals surface area contributed by atoms with Crippen LogP contribution in [0.2, 0.25) is 0 Å². The lowest BCUT2D eigenvalue weighted by Crippen LogP contribution is -2.48. The van der Waals surface area contributed by atoms with Gasteiger partial charge >= 0.3 is 6.18 Å². The van der Waals surface area contributed by atoms with Crippen LogP contribution in [0.1, 0.15) is 27.2 Å². The summed E-state index contributed by atoms with van der Waals surface area (Å²) < 4.78 is 42.2. The van der Waals surface area contributed by atoms with Gasteiger partial charge in [0.1, 0.15) is 0 Å². The Labute approximate surface area is 108 Å². The van der Waals surface area contributed by atoms with Crippen LogP contribution in [0.5, 0.6) is 0 Å². The van der Waals surface area contributed by atoms with E-state index in [-0.39, 0.29) is 12.1 Å². The average molecular weight is 270 g/mol. The Bertz CT molecular complexity index is 210. The van der Waals surface area contributed by atoms with E-state index in [4.69, 9.17) is 4.74 Å². The van der Waals surface area contributed by atoms with Gasteiger partial charge in [-0.3, -0.25) is 4.90 Å². The van der Waals surface area contributed by atoms with E-state index in [0.29, 0.717) is 13.2 Å². The van der Waals surface area contributed by atoms with Gasteiger partial charge in [-0.15, -0.1) is 0 Å². The van der Waals surface area contributed by atoms with Crippen LogP contribution in [0, 0.1) is 0 Å². The van der Waals surface area contributed by atoms with Gasteiger partial charge in [0.25, 0.3) is 0 Å². The summed E-state index contributed by atoms with van der Waals surface area (Å²) in [5.74, 6) is 0. The van der Waals surface area contributed by atoms with Crippen molar-refractivity contribution in [3.63, 3.8) is 0 Å². The fraction of sp³-hybridized carbons (Fsp3) is 1.00. The zero-order valence-electron chi connectivity index (χ0n) is 11.7. The van der Waals surface area contributed by atoms with Gasteiger partial charge in [-0.2, -0.15) is 13.2 Å². The maximum absolute atomic E-state index is 12.4. The summed E-state index contributed by atoms with van der Waals surface area (Å²) in [5.41, 5.74) is 0. The number of hydrogen-bond acceptors (Lipinski definition) is 3. The lowest BCUT2D eigenvalue weighted by Gasteiger charge is -2.33. The van der Waals surface area contributed by atoms with E-state index in [0.717, 1.165) is 13.0 Å². The molecule has 3 nitrogen and oxygen atoms in total. The summed E-state index contributed by atoms with van der Waals surface area (Å²) in [6.07, 6.45) is -3.28. The molecule has 1 unspecified atom stereocenters. The van der Waals surface area contributed by atoms with Crippen molar-refractivity contribution in [2.24, 2.45) is 0 Å². The predicted octanol–water partition coefficient (Wildman–Crippen LogP) is 2.27. The quantitative estimate of drug-likeness (QED) is 0.651. The molecule has 0 saturated carbocycles. The highest BCUT2D eigenvalue weighted by Gasteiger charge is 2.33. The van der Waals surface area contributed by atoms with E-state index in [9.17, 15) is 13.2 Å². The molecule has 0 aromatic rings. The molecule has 6 heteroatoms. The number of alkyl halides is 3. The fourth-order valence-corrected chi connectivity index (χ4v) is 1.82. The van der Waals surface area contributed by atoms with Gasteiger partial charge in [0.2, 0.25) is 0 Å². The van der Waals surface area contributed by atoms with Crippen molar-refractivity contribution in [2.45, 2.75) is 45.5 Å². The number of methoxy groups -OCH3 is 1. The Morgan fingerprint density at radius 3 is 2.28 bits per heavy atom. The Kier molecular flexibility index (Phi) is 8.56. The fourth-order valence-electron chi connectivity index (χ4n) is 1.82. The van der Waals surface area contributed by atoms with Crippen LogP contribution in [-0.2, 0) is 4.74 Å². The minimum atomic E-state index is -4.14. The molecule has 1 atom stereocenters. The van der Waals surface area contributed by atoms with Gasteiger partial charge in [0, 0.05) is 32.3 Å². The summed E-state index contributed by atoms with van der Waals surface area (Å²) in [6.45, 7) is 6.51. The lowest BCUT2D eigenvalue weighted by molar-refractivity contribution is -0.154. The zero-order chi connectivity index (χ0) is 14.2. The third-order valence-electron chi connectivity index (χ3n) is 2.73. The van der Waals surface area contributed by atoms with Crippen LogP contribution in [-0.4, -0.2) is 56.5 Å². The maximum atomic E-state index is 12.4. The smallest absolute Gasteiger partial charge is 0.385 e. The summed E-state index contributed by atoms with van der Waals surface area (Å²) in [7, 11) is 1.63. The zero-order valence-corrected chi connectivity index (χ0v) is 11.7. The van der Waals surface area contributed by atoms with Gasteiger partial charge in [-0.05, 0) is 33.7 Å². The SMILES string of the molecule is COCCCNCC(C)N(CC(F)(F)F)C(C)C. The highest BCUT2D eigenvalue weighted by molar-refractivity contribution is 4.75. The van der Waals surface area contributed by atoms with Crippen molar-refractivity contribution >= 4 is 0 Å². The Morgan fingerprint density at radius 2 is 1.83 bits per heavy atom. The number of nitrogens with one attached hydrogen (secondary N) is 1. The summed E-state index contributed by atoms with van der Waals surface area (Å²) in [5, 5.41) is 3.15. The van der Waals surface area contributed by atoms with E-state index in [1.165, 1.54) is 4.90 Å². The Morgan fingerprint density at radius 1 is 1.22 bits per heavy atom. The van der Waals surface area contributed by atoms with Gasteiger partial charge in [0.15, 0.2) is 0 Å². The molecule has 0 bridgehead atoms. The first-order valence-electron chi connectivity index (χ1n) is 6.30. The van der Waals surface area contributed by atoms with Crippen LogP contribution < -0.4 is 5.32 Å². The molecular formula is C12H25F3N2O. The molecule has 0 aromatic carbocycles. The molecule has 0 amide bonds. The first-order chi connectivity index (χ1) is 8.28. The molecule has 0 spiro atoms. The largest absolute Gasteiger partial charge is 0.401 e. The lowest BCUT2D eigenvalue weighted by atomic mass is 10.2. The molecule has 0 radical (unpaired) electrons. The van der Waals surface area contributed by atoms with E-state index in [2.05, 4.69) is 5.32 Å². The number of ether oxygens (including phenoxy) is 1. The van der Waals surface area contributed by atoms with Crippen molar-refractivity contribution in [2.75, 3.05) is 33.4 Å². The molecule has 0 aliphatic carbocycles. The number of halogens is 3. The predicted molar refractivity (Wildman–Crippen MR) is 66.7 cm³/mol. The van der Waals surface area contributed by atoms with Crippen molar-refractivity contribution in [3.05, 3.63) is 0 Å². The standard InChI is InChI=1S/C12H25F3N2O/c1-10(2)17(9-12(13,14)15)11(3)8-16-6-5-7-18-4/h10-11,16H,5-9H2,1-4H3. The highest BCUT2D eigenvalue weighted by Crippen LogP contribution is 2.19. The molecule has 0 rings (SSSR count). The van der Waals surface area contributed by atoms with Gasteiger partial charge in [0.05, 0.1) is 6.54 Å². The van der Waals surface area contributed by atoms with Crippen molar-refractivity contribution < 1.29 is 17.9 Å². The van der Waals surface area contributed by atoms with Crippen molar-refractivity contribution in [1.29, 1.82) is 0 Å². The Hall–Kier alpha value is -0.330. The first kappa shape index (κ1) is 17.7. The summed E-state index contributed by atoms with van der Waals surface area (Å²) in [6, 6.07) is -0.267. The molecule has 0 aliphatic heterocycles.